The van der Waals surface area contributed by atoms with Crippen LogP contribution in [0.15, 0.2) is 0 Å². The van der Waals surface area contributed by atoms with Gasteiger partial charge < -0.3 is 5.73 Å². The Hall–Kier alpha value is -0.0400. The summed E-state index contributed by atoms with van der Waals surface area (Å²) < 4.78 is 0. The summed E-state index contributed by atoms with van der Waals surface area (Å²) in [6.45, 7) is 2.50. The Morgan fingerprint density at radius 2 is 1.86 bits per heavy atom. The monoisotopic (exact) mass is 195 g/mol. The van der Waals surface area contributed by atoms with Crippen LogP contribution >= 0.6 is 0 Å². The van der Waals surface area contributed by atoms with E-state index in [1.54, 1.807) is 0 Å². The van der Waals surface area contributed by atoms with Gasteiger partial charge in [-0.15, -0.1) is 0 Å². The van der Waals surface area contributed by atoms with Crippen LogP contribution < -0.4 is 5.73 Å². The van der Waals surface area contributed by atoms with Gasteiger partial charge in [-0.05, 0) is 43.4 Å². The fourth-order valence-electron chi connectivity index (χ4n) is 3.65. The van der Waals surface area contributed by atoms with Crippen molar-refractivity contribution in [3.05, 3.63) is 0 Å². The van der Waals surface area contributed by atoms with Gasteiger partial charge in [0.05, 0.1) is 0 Å². The summed E-state index contributed by atoms with van der Waals surface area (Å²) in [5.74, 6) is 0.946. The molecule has 0 aliphatic heterocycles. The second kappa shape index (κ2) is 4.22. The molecule has 2 atom stereocenters. The standard InChI is InChI=1S/C13H25N/c1-13(7-2-3-8-13)10-11-5-4-6-12(14)9-11/h11-12H,2-10,14H2,1H3. The molecule has 2 aliphatic carbocycles. The van der Waals surface area contributed by atoms with Crippen LogP contribution in [0.3, 0.4) is 0 Å². The van der Waals surface area contributed by atoms with Crippen molar-refractivity contribution in [3.63, 3.8) is 0 Å². The van der Waals surface area contributed by atoms with Crippen LogP contribution in [0.1, 0.15) is 64.7 Å². The zero-order valence-corrected chi connectivity index (χ0v) is 9.60. The minimum Gasteiger partial charge on any atom is -0.328 e. The summed E-state index contributed by atoms with van der Waals surface area (Å²) in [5.41, 5.74) is 6.72. The van der Waals surface area contributed by atoms with Gasteiger partial charge in [-0.3, -0.25) is 0 Å². The van der Waals surface area contributed by atoms with E-state index >= 15 is 0 Å². The summed E-state index contributed by atoms with van der Waals surface area (Å²) in [6.07, 6.45) is 12.7. The average Bonchev–Trinajstić information content (AvgIpc) is 2.51. The molecule has 0 aromatic carbocycles. The fourth-order valence-corrected chi connectivity index (χ4v) is 3.65. The predicted octanol–water partition coefficient (Wildman–Crippen LogP) is 3.47. The van der Waals surface area contributed by atoms with Crippen molar-refractivity contribution >= 4 is 0 Å². The lowest BCUT2D eigenvalue weighted by molar-refractivity contribution is 0.197. The van der Waals surface area contributed by atoms with Crippen LogP contribution in [0.2, 0.25) is 0 Å². The largest absolute Gasteiger partial charge is 0.328 e. The highest BCUT2D eigenvalue weighted by atomic mass is 14.6. The summed E-state index contributed by atoms with van der Waals surface area (Å²) >= 11 is 0. The maximum absolute atomic E-state index is 6.04. The molecule has 1 heteroatoms. The highest BCUT2D eigenvalue weighted by Gasteiger charge is 2.32. The molecule has 14 heavy (non-hydrogen) atoms. The van der Waals surface area contributed by atoms with Crippen molar-refractivity contribution < 1.29 is 0 Å². The van der Waals surface area contributed by atoms with Gasteiger partial charge in [-0.25, -0.2) is 0 Å². The number of hydrogen-bond donors (Lipinski definition) is 1. The molecule has 0 aromatic heterocycles. The van der Waals surface area contributed by atoms with Crippen molar-refractivity contribution in [2.75, 3.05) is 0 Å². The van der Waals surface area contributed by atoms with E-state index in [4.69, 9.17) is 5.73 Å². The van der Waals surface area contributed by atoms with Crippen LogP contribution in [0.4, 0.5) is 0 Å². The first-order valence-corrected chi connectivity index (χ1v) is 6.44. The Balaban J connectivity index is 1.83. The summed E-state index contributed by atoms with van der Waals surface area (Å²) in [6, 6.07) is 0.513. The summed E-state index contributed by atoms with van der Waals surface area (Å²) in [7, 11) is 0. The first kappa shape index (κ1) is 10.5. The minimum atomic E-state index is 0.513. The highest BCUT2D eigenvalue weighted by molar-refractivity contribution is 4.85. The third-order valence-corrected chi connectivity index (χ3v) is 4.42. The summed E-state index contributed by atoms with van der Waals surface area (Å²) in [5, 5.41) is 0. The topological polar surface area (TPSA) is 26.0 Å². The molecule has 0 bridgehead atoms. The molecule has 0 aromatic rings. The number of hydrogen-bond acceptors (Lipinski definition) is 1. The van der Waals surface area contributed by atoms with Crippen molar-refractivity contribution in [3.8, 4) is 0 Å². The SMILES string of the molecule is CC1(CC2CCCC(N)C2)CCCC1. The van der Waals surface area contributed by atoms with E-state index in [-0.39, 0.29) is 0 Å². The van der Waals surface area contributed by atoms with E-state index in [1.807, 2.05) is 0 Å². The Bertz CT molecular complexity index is 182. The van der Waals surface area contributed by atoms with Gasteiger partial charge in [0.15, 0.2) is 0 Å². The van der Waals surface area contributed by atoms with Crippen molar-refractivity contribution in [2.45, 2.75) is 70.8 Å². The van der Waals surface area contributed by atoms with E-state index in [0.29, 0.717) is 11.5 Å². The molecular weight excluding hydrogens is 170 g/mol. The molecule has 1 nitrogen and oxygen atoms in total. The quantitative estimate of drug-likeness (QED) is 0.717. The zero-order valence-electron chi connectivity index (χ0n) is 9.60. The highest BCUT2D eigenvalue weighted by Crippen LogP contribution is 2.45. The molecule has 2 N–H and O–H groups in total. The molecule has 0 heterocycles. The molecule has 0 amide bonds. The summed E-state index contributed by atoms with van der Waals surface area (Å²) in [4.78, 5) is 0. The van der Waals surface area contributed by atoms with Gasteiger partial charge in [0.25, 0.3) is 0 Å². The average molecular weight is 195 g/mol. The van der Waals surface area contributed by atoms with Crippen LogP contribution in [0, 0.1) is 11.3 Å². The van der Waals surface area contributed by atoms with E-state index in [1.165, 1.54) is 57.8 Å². The molecule has 82 valence electrons. The Kier molecular flexibility index (Phi) is 3.16. The molecule has 2 saturated carbocycles. The Labute approximate surface area is 88.4 Å². The molecule has 0 saturated heterocycles. The lowest BCUT2D eigenvalue weighted by Crippen LogP contribution is -2.30. The van der Waals surface area contributed by atoms with Gasteiger partial charge in [-0.1, -0.05) is 32.6 Å². The van der Waals surface area contributed by atoms with E-state index in [9.17, 15) is 0 Å². The van der Waals surface area contributed by atoms with Crippen molar-refractivity contribution in [1.29, 1.82) is 0 Å². The van der Waals surface area contributed by atoms with Crippen LogP contribution in [-0.4, -0.2) is 6.04 Å². The first-order valence-electron chi connectivity index (χ1n) is 6.44. The van der Waals surface area contributed by atoms with Gasteiger partial charge in [0.1, 0.15) is 0 Å². The second-order valence-corrected chi connectivity index (χ2v) is 6.01. The maximum Gasteiger partial charge on any atom is 0.00414 e. The second-order valence-electron chi connectivity index (χ2n) is 6.01. The maximum atomic E-state index is 6.04. The van der Waals surface area contributed by atoms with Gasteiger partial charge in [0, 0.05) is 6.04 Å². The molecule has 2 aliphatic rings. The lowest BCUT2D eigenvalue weighted by Gasteiger charge is -2.33. The van der Waals surface area contributed by atoms with Crippen LogP contribution in [0.5, 0.6) is 0 Å². The van der Waals surface area contributed by atoms with Gasteiger partial charge in [0.2, 0.25) is 0 Å². The van der Waals surface area contributed by atoms with Crippen molar-refractivity contribution in [1.82, 2.24) is 0 Å². The predicted molar refractivity (Wildman–Crippen MR) is 61.1 cm³/mol. The smallest absolute Gasteiger partial charge is 0.00414 e. The zero-order chi connectivity index (χ0) is 10.0. The van der Waals surface area contributed by atoms with Gasteiger partial charge >= 0.3 is 0 Å². The number of rotatable bonds is 2. The third-order valence-electron chi connectivity index (χ3n) is 4.42. The van der Waals surface area contributed by atoms with Crippen LogP contribution in [-0.2, 0) is 0 Å². The normalized spacial score (nSPS) is 37.3. The molecule has 2 rings (SSSR count). The van der Waals surface area contributed by atoms with E-state index in [0.717, 1.165) is 5.92 Å². The Morgan fingerprint density at radius 1 is 1.14 bits per heavy atom. The van der Waals surface area contributed by atoms with E-state index in [2.05, 4.69) is 6.92 Å². The number of nitrogens with two attached hydrogens (primary N) is 1. The molecule has 0 radical (unpaired) electrons. The Morgan fingerprint density at radius 3 is 2.50 bits per heavy atom. The van der Waals surface area contributed by atoms with E-state index < -0.39 is 0 Å². The first-order chi connectivity index (χ1) is 6.68. The van der Waals surface area contributed by atoms with Gasteiger partial charge in [-0.2, -0.15) is 0 Å². The molecule has 2 unspecified atom stereocenters. The lowest BCUT2D eigenvalue weighted by atomic mass is 9.73. The van der Waals surface area contributed by atoms with Crippen molar-refractivity contribution in [2.24, 2.45) is 17.1 Å². The molecule has 2 fully saturated rings. The third kappa shape index (κ3) is 2.50. The van der Waals surface area contributed by atoms with Crippen LogP contribution in [0.25, 0.3) is 0 Å². The molecular formula is C13H25N. The molecule has 0 spiro atoms. The minimum absolute atomic E-state index is 0.513. The fraction of sp³-hybridized carbons (Fsp3) is 1.00.